The number of aliphatic hydroxyl groups excluding tert-OH is 1. The number of thioether (sulfide) groups is 2. The number of benzene rings is 2. The Balaban J connectivity index is 0.768. The molecule has 2 amide bonds. The van der Waals surface area contributed by atoms with Crippen molar-refractivity contribution in [1.82, 2.24) is 30.6 Å². The Bertz CT molecular complexity index is 2710. The van der Waals surface area contributed by atoms with Crippen LogP contribution in [0.25, 0.3) is 11.2 Å². The predicted octanol–water partition coefficient (Wildman–Crippen LogP) is 6.15. The molecule has 0 bridgehead atoms. The Hall–Kier alpha value is -5.43. The zero-order valence-corrected chi connectivity index (χ0v) is 41.2. The summed E-state index contributed by atoms with van der Waals surface area (Å²) in [5.41, 5.74) is 5.55. The molecule has 3 saturated carbocycles. The second-order valence-corrected chi connectivity index (χ2v) is 21.8. The van der Waals surface area contributed by atoms with Crippen LogP contribution < -0.4 is 21.3 Å². The van der Waals surface area contributed by atoms with Gasteiger partial charge in [-0.25, -0.2) is 29.1 Å². The lowest BCUT2D eigenvalue weighted by Crippen LogP contribution is -2.70. The Morgan fingerprint density at radius 1 is 1.03 bits per heavy atom. The van der Waals surface area contributed by atoms with Gasteiger partial charge in [-0.1, -0.05) is 49.8 Å². The highest BCUT2D eigenvalue weighted by Gasteiger charge is 2.75. The SMILES string of the molecule is Cc1nc(N)c2nc(CN(C)c3ccc(C(=O)N[C@@H](CCSCc4cccc(CSCCNC(=O)[C@@]5(O)[C@H](C)C[C@H]6C7CCC8=CC(=O)C=C[C@]8(C)[C@@]7(F)[C@@H](O)C[C@@]65C)c4)C(=O)O)cc3)cnc2n1. The van der Waals surface area contributed by atoms with Crippen LogP contribution in [-0.4, -0.2) is 107 Å². The highest BCUT2D eigenvalue weighted by Crippen LogP contribution is 2.70. The molecule has 3 fully saturated rings. The van der Waals surface area contributed by atoms with Gasteiger partial charge in [0.2, 0.25) is 0 Å². The third-order valence-corrected chi connectivity index (χ3v) is 17.4. The van der Waals surface area contributed by atoms with Crippen molar-refractivity contribution in [2.45, 2.75) is 101 Å². The quantitative estimate of drug-likeness (QED) is 0.0652. The number of hydrogen-bond donors (Lipinski definition) is 6. The smallest absolute Gasteiger partial charge is 0.326 e. The van der Waals surface area contributed by atoms with Gasteiger partial charge in [0, 0.05) is 58.8 Å². The summed E-state index contributed by atoms with van der Waals surface area (Å²) in [6.45, 7) is 7.90. The number of aryl methyl sites for hydroxylation is 1. The number of amides is 2. The summed E-state index contributed by atoms with van der Waals surface area (Å²) in [5.74, 6) is -0.435. The molecule has 0 spiro atoms. The minimum Gasteiger partial charge on any atom is -0.480 e. The van der Waals surface area contributed by atoms with E-state index in [0.717, 1.165) is 16.8 Å². The van der Waals surface area contributed by atoms with Crippen LogP contribution in [0, 0.1) is 35.5 Å². The molecule has 0 saturated heterocycles. The van der Waals surface area contributed by atoms with Gasteiger partial charge in [-0.2, -0.15) is 23.5 Å². The van der Waals surface area contributed by atoms with Crippen LogP contribution in [0.3, 0.4) is 0 Å². The fraction of sp³-hybridized carbons (Fsp3) is 0.490. The van der Waals surface area contributed by atoms with Crippen LogP contribution in [0.1, 0.15) is 85.9 Å². The molecule has 0 radical (unpaired) electrons. The first-order chi connectivity index (χ1) is 32.8. The fourth-order valence-electron chi connectivity index (χ4n) is 11.6. The lowest BCUT2D eigenvalue weighted by molar-refractivity contribution is -0.219. The molecule has 4 aliphatic rings. The number of ketones is 1. The van der Waals surface area contributed by atoms with E-state index >= 15 is 4.39 Å². The van der Waals surface area contributed by atoms with Crippen molar-refractivity contribution in [2.24, 2.45) is 28.6 Å². The van der Waals surface area contributed by atoms with Crippen molar-refractivity contribution in [3.63, 3.8) is 0 Å². The van der Waals surface area contributed by atoms with Crippen molar-refractivity contribution in [1.29, 1.82) is 0 Å². The third kappa shape index (κ3) is 9.36. The predicted molar refractivity (Wildman–Crippen MR) is 266 cm³/mol. The summed E-state index contributed by atoms with van der Waals surface area (Å²) in [5, 5.41) is 39.5. The molecule has 9 atom stereocenters. The van der Waals surface area contributed by atoms with Gasteiger partial charge in [0.25, 0.3) is 11.8 Å². The van der Waals surface area contributed by atoms with Crippen LogP contribution in [-0.2, 0) is 32.4 Å². The summed E-state index contributed by atoms with van der Waals surface area (Å²) < 4.78 is 17.5. The molecule has 2 heterocycles. The summed E-state index contributed by atoms with van der Waals surface area (Å²) in [6.07, 6.45) is 6.28. The van der Waals surface area contributed by atoms with E-state index in [1.54, 1.807) is 73.9 Å². The van der Waals surface area contributed by atoms with E-state index in [1.807, 2.05) is 44.0 Å². The summed E-state index contributed by atoms with van der Waals surface area (Å²) >= 11 is 3.22. The molecule has 7 N–H and O–H groups in total. The first-order valence-electron chi connectivity index (χ1n) is 23.4. The van der Waals surface area contributed by atoms with Crippen molar-refractivity contribution >= 4 is 69.8 Å². The number of carbonyl (C=O) groups is 4. The second-order valence-electron chi connectivity index (χ2n) is 19.6. The van der Waals surface area contributed by atoms with E-state index in [9.17, 15) is 34.5 Å². The van der Waals surface area contributed by atoms with Crippen LogP contribution in [0.2, 0.25) is 0 Å². The molecule has 8 rings (SSSR count). The van der Waals surface area contributed by atoms with Crippen LogP contribution >= 0.6 is 23.5 Å². The van der Waals surface area contributed by atoms with E-state index in [4.69, 9.17) is 5.73 Å². The fourth-order valence-corrected chi connectivity index (χ4v) is 13.4. The lowest BCUT2D eigenvalue weighted by atomic mass is 9.44. The number of allylic oxidation sites excluding steroid dienone is 4. The third-order valence-electron chi connectivity index (χ3n) is 15.3. The maximum Gasteiger partial charge on any atom is 0.326 e. The second kappa shape index (κ2) is 19.8. The van der Waals surface area contributed by atoms with E-state index in [2.05, 4.69) is 36.6 Å². The number of carboxylic acids is 1. The number of nitrogens with two attached hydrogens (primary N) is 1. The van der Waals surface area contributed by atoms with Crippen molar-refractivity contribution in [2.75, 3.05) is 35.7 Å². The Morgan fingerprint density at radius 2 is 1.74 bits per heavy atom. The normalized spacial score (nSPS) is 28.5. The Morgan fingerprint density at radius 3 is 2.45 bits per heavy atom. The number of anilines is 2. The topological polar surface area (TPSA) is 234 Å². The Kier molecular flexibility index (Phi) is 14.3. The minimum atomic E-state index is -2.03. The number of aliphatic hydroxyl groups is 2. The number of halogens is 1. The number of rotatable bonds is 17. The number of fused-ring (bicyclic) bond motifs is 6. The zero-order chi connectivity index (χ0) is 49.5. The Labute approximate surface area is 409 Å². The molecule has 2 aromatic heterocycles. The molecular formula is C51H61FN8O7S2. The molecule has 4 aromatic rings. The van der Waals surface area contributed by atoms with Crippen molar-refractivity contribution in [3.8, 4) is 0 Å². The van der Waals surface area contributed by atoms with Gasteiger partial charge < -0.3 is 36.6 Å². The van der Waals surface area contributed by atoms with Crippen LogP contribution in [0.4, 0.5) is 15.9 Å². The average Bonchev–Trinajstić information content (AvgIpc) is 3.51. The number of nitrogen functional groups attached to an aromatic ring is 1. The summed E-state index contributed by atoms with van der Waals surface area (Å²) in [4.78, 5) is 70.8. The van der Waals surface area contributed by atoms with Crippen molar-refractivity contribution in [3.05, 3.63) is 107 Å². The van der Waals surface area contributed by atoms with E-state index < -0.39 is 63.9 Å². The lowest BCUT2D eigenvalue weighted by Gasteiger charge is -2.62. The van der Waals surface area contributed by atoms with Gasteiger partial charge in [0.15, 0.2) is 34.0 Å². The first kappa shape index (κ1) is 50.0. The summed E-state index contributed by atoms with van der Waals surface area (Å²) in [6, 6.07) is 13.9. The molecule has 69 heavy (non-hydrogen) atoms. The maximum atomic E-state index is 17.5. The van der Waals surface area contributed by atoms with Gasteiger partial charge in [0.05, 0.1) is 24.5 Å². The van der Waals surface area contributed by atoms with Gasteiger partial charge in [0.1, 0.15) is 11.9 Å². The molecule has 4 aliphatic carbocycles. The monoisotopic (exact) mass is 980 g/mol. The number of aliphatic carboxylic acids is 1. The molecule has 2 aromatic carbocycles. The van der Waals surface area contributed by atoms with E-state index in [-0.39, 0.29) is 30.4 Å². The largest absolute Gasteiger partial charge is 0.480 e. The van der Waals surface area contributed by atoms with Crippen LogP contribution in [0.15, 0.2) is 78.5 Å². The molecule has 366 valence electrons. The number of carbonyl (C=O) groups excluding carboxylic acids is 3. The highest BCUT2D eigenvalue weighted by atomic mass is 32.2. The number of alkyl halides is 1. The van der Waals surface area contributed by atoms with Gasteiger partial charge in [-0.3, -0.25) is 14.4 Å². The van der Waals surface area contributed by atoms with Gasteiger partial charge in [-0.15, -0.1) is 0 Å². The zero-order valence-electron chi connectivity index (χ0n) is 39.6. The average molecular weight is 981 g/mol. The number of carboxylic acid groups (broad SMARTS) is 1. The molecule has 15 nitrogen and oxygen atoms in total. The van der Waals surface area contributed by atoms with E-state index in [0.29, 0.717) is 89.2 Å². The molecule has 18 heteroatoms. The molecule has 0 aliphatic heterocycles. The van der Waals surface area contributed by atoms with Gasteiger partial charge >= 0.3 is 5.97 Å². The number of nitrogens with zero attached hydrogens (tertiary/aromatic N) is 5. The van der Waals surface area contributed by atoms with E-state index in [1.165, 1.54) is 12.2 Å². The van der Waals surface area contributed by atoms with Gasteiger partial charge in [-0.05, 0) is 111 Å². The highest BCUT2D eigenvalue weighted by molar-refractivity contribution is 7.98. The minimum absolute atomic E-state index is 0.0709. The maximum absolute atomic E-state index is 17.5. The standard InChI is InChI=1S/C51H61FN8O7S2/c1-29-21-39-38-14-11-34-23-37(61)15-17-48(34,3)50(38,52)41(62)24-49(39,4)51(29,67)47(66)54-18-20-69-28-32-8-6-7-31(22-32)27-68-19-16-40(46(64)65)59-45(63)33-9-12-36(13-10-33)60(5)26-35-25-55-44-42(58-35)43(53)56-30(2)57-44/h6-10,12-13,15,17,22-23,25,29,38-41,62,67H,11,14,16,18-21,24,26-28H2,1-5H3,(H,54,66)(H,59,63)(H,64,65)(H2,53,55,56,57)/t29-,38?,39+,40+,41+,48+,49+,50+,51+/m1/s1. The van der Waals surface area contributed by atoms with Crippen LogP contribution in [0.5, 0.6) is 0 Å². The first-order valence-corrected chi connectivity index (χ1v) is 25.7. The number of nitrogens with one attached hydrogen (secondary N) is 2. The molecular weight excluding hydrogens is 920 g/mol. The number of hydrogen-bond acceptors (Lipinski definition) is 14. The molecule has 1 unspecified atom stereocenters. The van der Waals surface area contributed by atoms with Crippen molar-refractivity contribution < 1.29 is 38.9 Å². The number of aromatic nitrogens is 4. The summed E-state index contributed by atoms with van der Waals surface area (Å²) in [7, 11) is 1.88.